The first-order chi connectivity index (χ1) is 9.28. The van der Waals surface area contributed by atoms with E-state index in [0.717, 1.165) is 12.0 Å². The van der Waals surface area contributed by atoms with Crippen molar-refractivity contribution in [2.24, 2.45) is 5.41 Å². The number of ether oxygens (including phenoxy) is 1. The first-order valence-electron chi connectivity index (χ1n) is 6.97. The van der Waals surface area contributed by atoms with E-state index in [4.69, 9.17) is 10.5 Å². The highest BCUT2D eigenvalue weighted by molar-refractivity contribution is 5.85. The van der Waals surface area contributed by atoms with Gasteiger partial charge in [-0.2, -0.15) is 0 Å². The van der Waals surface area contributed by atoms with Gasteiger partial charge in [-0.3, -0.25) is 4.79 Å². The molecule has 0 heterocycles. The largest absolute Gasteiger partial charge is 0.399 e. The van der Waals surface area contributed by atoms with E-state index in [2.05, 4.69) is 26.1 Å². The molecule has 0 aliphatic heterocycles. The van der Waals surface area contributed by atoms with E-state index < -0.39 is 0 Å². The second-order valence-electron chi connectivity index (χ2n) is 6.40. The first-order valence-corrected chi connectivity index (χ1v) is 6.97. The van der Waals surface area contributed by atoms with Crippen LogP contribution in [0.1, 0.15) is 32.8 Å². The zero-order valence-corrected chi connectivity index (χ0v) is 13.9. The minimum absolute atomic E-state index is 0. The fraction of sp³-hybridized carbons (Fsp3) is 0.562. The minimum Gasteiger partial charge on any atom is -0.399 e. The molecule has 3 N–H and O–H groups in total. The van der Waals surface area contributed by atoms with Gasteiger partial charge in [-0.15, -0.1) is 12.4 Å². The second kappa shape index (κ2) is 6.24. The molecular weight excluding hydrogens is 288 g/mol. The van der Waals surface area contributed by atoms with Gasteiger partial charge in [0, 0.05) is 24.3 Å². The Labute approximate surface area is 132 Å². The Morgan fingerprint density at radius 1 is 1.33 bits per heavy atom. The van der Waals surface area contributed by atoms with Crippen molar-refractivity contribution in [2.45, 2.75) is 45.3 Å². The van der Waals surface area contributed by atoms with Crippen LogP contribution in [-0.4, -0.2) is 24.7 Å². The van der Waals surface area contributed by atoms with Crippen LogP contribution >= 0.6 is 12.4 Å². The van der Waals surface area contributed by atoms with Crippen molar-refractivity contribution in [1.82, 2.24) is 5.32 Å². The summed E-state index contributed by atoms with van der Waals surface area (Å²) in [4.78, 5) is 12.1. The second-order valence-corrected chi connectivity index (χ2v) is 6.40. The molecule has 0 aromatic heterocycles. The third-order valence-electron chi connectivity index (χ3n) is 4.96. The molecule has 1 aromatic rings. The number of carbonyl (C=O) groups is 1. The number of hydrogen-bond donors (Lipinski definition) is 2. The summed E-state index contributed by atoms with van der Waals surface area (Å²) in [6.45, 7) is 6.36. The third-order valence-corrected chi connectivity index (χ3v) is 4.96. The number of nitrogens with two attached hydrogens (primary N) is 1. The number of carbonyl (C=O) groups excluding carboxylic acids is 1. The summed E-state index contributed by atoms with van der Waals surface area (Å²) < 4.78 is 5.57. The number of amides is 1. The van der Waals surface area contributed by atoms with Crippen molar-refractivity contribution in [3.05, 3.63) is 29.8 Å². The number of halogens is 1. The van der Waals surface area contributed by atoms with Crippen molar-refractivity contribution < 1.29 is 9.53 Å². The molecule has 1 aliphatic rings. The Kier molecular flexibility index (Phi) is 5.29. The predicted octanol–water partition coefficient (Wildman–Crippen LogP) is 2.55. The maximum absolute atomic E-state index is 12.1. The minimum atomic E-state index is -0.161. The van der Waals surface area contributed by atoms with Gasteiger partial charge in [0.25, 0.3) is 0 Å². The molecule has 2 atom stereocenters. The van der Waals surface area contributed by atoms with Gasteiger partial charge < -0.3 is 15.8 Å². The van der Waals surface area contributed by atoms with Crippen LogP contribution in [0.4, 0.5) is 5.69 Å². The molecule has 0 spiro atoms. The number of nitrogens with one attached hydrogen (secondary N) is 1. The quantitative estimate of drug-likeness (QED) is 0.840. The summed E-state index contributed by atoms with van der Waals surface area (Å²) in [6.07, 6.45) is 1.24. The Balaban J connectivity index is 0.00000220. The maximum atomic E-state index is 12.1. The number of hydrogen-bond acceptors (Lipinski definition) is 3. The topological polar surface area (TPSA) is 64.3 Å². The summed E-state index contributed by atoms with van der Waals surface area (Å²) in [5.74, 6) is 0.0472. The lowest BCUT2D eigenvalue weighted by Crippen LogP contribution is -2.68. The standard InChI is InChI=1S/C16H24N2O2.ClH/c1-15(2)13(10-16(15,3)20-4)18-14(19)9-11-5-7-12(17)8-6-11;/h5-8,13H,9-10,17H2,1-4H3,(H,18,19);1H. The van der Waals surface area contributed by atoms with Gasteiger partial charge in [0.05, 0.1) is 12.0 Å². The number of methoxy groups -OCH3 is 1. The summed E-state index contributed by atoms with van der Waals surface area (Å²) in [6, 6.07) is 7.57. The lowest BCUT2D eigenvalue weighted by molar-refractivity contribution is -0.182. The molecule has 0 saturated heterocycles. The summed E-state index contributed by atoms with van der Waals surface area (Å²) in [7, 11) is 1.73. The monoisotopic (exact) mass is 312 g/mol. The van der Waals surface area contributed by atoms with Crippen LogP contribution in [0.5, 0.6) is 0 Å². The molecule has 5 heteroatoms. The number of anilines is 1. The smallest absolute Gasteiger partial charge is 0.224 e. The molecule has 1 saturated carbocycles. The SMILES string of the molecule is COC1(C)CC(NC(=O)Cc2ccc(N)cc2)C1(C)C.Cl. The van der Waals surface area contributed by atoms with Crippen LogP contribution < -0.4 is 11.1 Å². The van der Waals surface area contributed by atoms with Crippen LogP contribution in [0.3, 0.4) is 0 Å². The fourth-order valence-electron chi connectivity index (χ4n) is 2.79. The first kappa shape index (κ1) is 17.8. The van der Waals surface area contributed by atoms with Gasteiger partial charge in [-0.1, -0.05) is 26.0 Å². The van der Waals surface area contributed by atoms with E-state index in [0.29, 0.717) is 12.1 Å². The Bertz CT molecular complexity index is 502. The molecule has 0 radical (unpaired) electrons. The molecule has 1 aromatic carbocycles. The van der Waals surface area contributed by atoms with Gasteiger partial charge in [0.2, 0.25) is 5.91 Å². The van der Waals surface area contributed by atoms with Gasteiger partial charge >= 0.3 is 0 Å². The molecular formula is C16H25ClN2O2. The number of benzene rings is 1. The highest BCUT2D eigenvalue weighted by Gasteiger charge is 2.58. The van der Waals surface area contributed by atoms with Crippen molar-refractivity contribution in [3.8, 4) is 0 Å². The zero-order chi connectivity index (χ0) is 15.0. The van der Waals surface area contributed by atoms with E-state index in [1.807, 2.05) is 24.3 Å². The molecule has 118 valence electrons. The lowest BCUT2D eigenvalue weighted by Gasteiger charge is -2.59. The lowest BCUT2D eigenvalue weighted by atomic mass is 9.56. The van der Waals surface area contributed by atoms with Gasteiger partial charge in [0.1, 0.15) is 0 Å². The molecule has 2 unspecified atom stereocenters. The van der Waals surface area contributed by atoms with Gasteiger partial charge in [-0.05, 0) is 31.0 Å². The fourth-order valence-corrected chi connectivity index (χ4v) is 2.79. The summed E-state index contributed by atoms with van der Waals surface area (Å²) in [5.41, 5.74) is 7.11. The van der Waals surface area contributed by atoms with Crippen molar-refractivity contribution in [1.29, 1.82) is 0 Å². The average Bonchev–Trinajstić information content (AvgIpc) is 2.40. The van der Waals surface area contributed by atoms with E-state index in [1.165, 1.54) is 0 Å². The van der Waals surface area contributed by atoms with E-state index in [-0.39, 0.29) is 35.4 Å². The van der Waals surface area contributed by atoms with Crippen LogP contribution in [-0.2, 0) is 16.0 Å². The van der Waals surface area contributed by atoms with E-state index in [1.54, 1.807) is 7.11 Å². The highest BCUT2D eigenvalue weighted by atomic mass is 35.5. The van der Waals surface area contributed by atoms with Crippen molar-refractivity contribution >= 4 is 24.0 Å². The molecule has 0 bridgehead atoms. The average molecular weight is 313 g/mol. The molecule has 1 fully saturated rings. The maximum Gasteiger partial charge on any atom is 0.224 e. The molecule has 1 amide bonds. The Morgan fingerprint density at radius 3 is 2.38 bits per heavy atom. The van der Waals surface area contributed by atoms with Crippen molar-refractivity contribution in [2.75, 3.05) is 12.8 Å². The Morgan fingerprint density at radius 2 is 1.90 bits per heavy atom. The zero-order valence-electron chi connectivity index (χ0n) is 13.1. The normalized spacial score (nSPS) is 26.4. The molecule has 1 aliphatic carbocycles. The van der Waals surface area contributed by atoms with E-state index in [9.17, 15) is 4.79 Å². The van der Waals surface area contributed by atoms with Crippen LogP contribution in [0.25, 0.3) is 0 Å². The van der Waals surface area contributed by atoms with Crippen molar-refractivity contribution in [3.63, 3.8) is 0 Å². The predicted molar refractivity (Wildman–Crippen MR) is 87.5 cm³/mol. The molecule has 4 nitrogen and oxygen atoms in total. The Hall–Kier alpha value is -1.26. The van der Waals surface area contributed by atoms with E-state index >= 15 is 0 Å². The molecule has 2 rings (SSSR count). The molecule has 21 heavy (non-hydrogen) atoms. The van der Waals surface area contributed by atoms with Crippen LogP contribution in [0.15, 0.2) is 24.3 Å². The summed E-state index contributed by atoms with van der Waals surface area (Å²) in [5, 5.41) is 3.11. The van der Waals surface area contributed by atoms with Gasteiger partial charge in [0.15, 0.2) is 0 Å². The van der Waals surface area contributed by atoms with Gasteiger partial charge in [-0.25, -0.2) is 0 Å². The highest BCUT2D eigenvalue weighted by Crippen LogP contribution is 2.51. The van der Waals surface area contributed by atoms with Crippen LogP contribution in [0.2, 0.25) is 0 Å². The van der Waals surface area contributed by atoms with Crippen LogP contribution in [0, 0.1) is 5.41 Å². The third kappa shape index (κ3) is 3.33. The number of nitrogen functional groups attached to an aromatic ring is 1. The summed E-state index contributed by atoms with van der Waals surface area (Å²) >= 11 is 0. The number of rotatable bonds is 4.